The standard InChI is InChI=1S/C15H14N2O3S/c1-11-3-6-13(7-4-11)21(18,19)17-10-16-14-9-12(20-2)5-8-15(14)17/h3-10H,1-2H3. The average molecular weight is 302 g/mol. The molecular weight excluding hydrogens is 288 g/mol. The van der Waals surface area contributed by atoms with Gasteiger partial charge in [-0.1, -0.05) is 17.7 Å². The van der Waals surface area contributed by atoms with Crippen LogP contribution < -0.4 is 4.74 Å². The van der Waals surface area contributed by atoms with E-state index < -0.39 is 10.0 Å². The van der Waals surface area contributed by atoms with Crippen molar-refractivity contribution in [3.8, 4) is 5.75 Å². The van der Waals surface area contributed by atoms with E-state index in [9.17, 15) is 8.42 Å². The molecule has 0 fully saturated rings. The molecule has 2 aromatic carbocycles. The maximum Gasteiger partial charge on any atom is 0.269 e. The molecular formula is C15H14N2O3S. The third-order valence-electron chi connectivity index (χ3n) is 3.30. The van der Waals surface area contributed by atoms with Gasteiger partial charge in [0.2, 0.25) is 0 Å². The Balaban J connectivity index is 2.17. The van der Waals surface area contributed by atoms with Crippen LogP contribution in [0.1, 0.15) is 5.56 Å². The number of ether oxygens (including phenoxy) is 1. The van der Waals surface area contributed by atoms with E-state index in [1.165, 1.54) is 10.3 Å². The molecule has 0 amide bonds. The van der Waals surface area contributed by atoms with Crippen molar-refractivity contribution in [2.24, 2.45) is 0 Å². The Morgan fingerprint density at radius 2 is 1.81 bits per heavy atom. The minimum atomic E-state index is -3.65. The van der Waals surface area contributed by atoms with Crippen LogP contribution in [0.15, 0.2) is 53.7 Å². The normalized spacial score (nSPS) is 11.7. The summed E-state index contributed by atoms with van der Waals surface area (Å²) < 4.78 is 31.6. The lowest BCUT2D eigenvalue weighted by atomic mass is 10.2. The van der Waals surface area contributed by atoms with E-state index >= 15 is 0 Å². The van der Waals surface area contributed by atoms with Crippen LogP contribution in [0.25, 0.3) is 11.0 Å². The maximum absolute atomic E-state index is 12.7. The van der Waals surface area contributed by atoms with Gasteiger partial charge in [-0.2, -0.15) is 0 Å². The Labute approximate surface area is 122 Å². The summed E-state index contributed by atoms with van der Waals surface area (Å²) >= 11 is 0. The van der Waals surface area contributed by atoms with Gasteiger partial charge in [0.05, 0.1) is 23.0 Å². The average Bonchev–Trinajstić information content (AvgIpc) is 2.91. The van der Waals surface area contributed by atoms with Crippen LogP contribution in [0.5, 0.6) is 5.75 Å². The van der Waals surface area contributed by atoms with E-state index in [0.29, 0.717) is 16.8 Å². The second-order valence-electron chi connectivity index (χ2n) is 4.71. The largest absolute Gasteiger partial charge is 0.497 e. The summed E-state index contributed by atoms with van der Waals surface area (Å²) in [6, 6.07) is 11.8. The third-order valence-corrected chi connectivity index (χ3v) is 4.98. The number of aromatic nitrogens is 2. The van der Waals surface area contributed by atoms with E-state index in [0.717, 1.165) is 5.56 Å². The predicted molar refractivity (Wildman–Crippen MR) is 80.0 cm³/mol. The van der Waals surface area contributed by atoms with Crippen LogP contribution in [0.2, 0.25) is 0 Å². The zero-order chi connectivity index (χ0) is 15.0. The smallest absolute Gasteiger partial charge is 0.269 e. The zero-order valence-electron chi connectivity index (χ0n) is 11.6. The van der Waals surface area contributed by atoms with E-state index in [1.54, 1.807) is 49.6 Å². The molecule has 0 saturated heterocycles. The third kappa shape index (κ3) is 2.27. The highest BCUT2D eigenvalue weighted by atomic mass is 32.2. The molecule has 0 saturated carbocycles. The van der Waals surface area contributed by atoms with Crippen LogP contribution in [0.3, 0.4) is 0 Å². The van der Waals surface area contributed by atoms with Crippen molar-refractivity contribution in [3.63, 3.8) is 0 Å². The van der Waals surface area contributed by atoms with Gasteiger partial charge in [0.25, 0.3) is 10.0 Å². The molecule has 0 aliphatic rings. The number of benzene rings is 2. The number of imidazole rings is 1. The SMILES string of the molecule is COc1ccc2c(c1)ncn2S(=O)(=O)c1ccc(C)cc1. The Morgan fingerprint density at radius 3 is 2.48 bits per heavy atom. The monoisotopic (exact) mass is 302 g/mol. The van der Waals surface area contributed by atoms with Gasteiger partial charge in [0, 0.05) is 6.07 Å². The fraction of sp³-hybridized carbons (Fsp3) is 0.133. The fourth-order valence-corrected chi connectivity index (χ4v) is 3.40. The summed E-state index contributed by atoms with van der Waals surface area (Å²) in [5.74, 6) is 0.639. The van der Waals surface area contributed by atoms with Gasteiger partial charge in [-0.15, -0.1) is 0 Å². The van der Waals surface area contributed by atoms with Crippen molar-refractivity contribution in [1.29, 1.82) is 0 Å². The predicted octanol–water partition coefficient (Wildman–Crippen LogP) is 2.59. The Kier molecular flexibility index (Phi) is 3.17. The van der Waals surface area contributed by atoms with Crippen LogP contribution in [-0.2, 0) is 10.0 Å². The van der Waals surface area contributed by atoms with Crippen molar-refractivity contribution in [2.75, 3.05) is 7.11 Å². The molecule has 0 unspecified atom stereocenters. The Morgan fingerprint density at radius 1 is 1.10 bits per heavy atom. The van der Waals surface area contributed by atoms with Gasteiger partial charge in [0.15, 0.2) is 0 Å². The van der Waals surface area contributed by atoms with E-state index in [4.69, 9.17) is 4.74 Å². The number of rotatable bonds is 3. The number of aryl methyl sites for hydroxylation is 1. The summed E-state index contributed by atoms with van der Waals surface area (Å²) in [6.07, 6.45) is 1.32. The molecule has 0 N–H and O–H groups in total. The van der Waals surface area contributed by atoms with Crippen molar-refractivity contribution < 1.29 is 13.2 Å². The van der Waals surface area contributed by atoms with Gasteiger partial charge in [-0.3, -0.25) is 0 Å². The number of nitrogens with zero attached hydrogens (tertiary/aromatic N) is 2. The van der Waals surface area contributed by atoms with Crippen LogP contribution >= 0.6 is 0 Å². The van der Waals surface area contributed by atoms with Gasteiger partial charge in [-0.05, 0) is 31.2 Å². The summed E-state index contributed by atoms with van der Waals surface area (Å²) in [6.45, 7) is 1.91. The molecule has 21 heavy (non-hydrogen) atoms. The van der Waals surface area contributed by atoms with Crippen molar-refractivity contribution in [3.05, 3.63) is 54.4 Å². The first-order valence-corrected chi connectivity index (χ1v) is 7.80. The lowest BCUT2D eigenvalue weighted by molar-refractivity contribution is 0.415. The number of methoxy groups -OCH3 is 1. The topological polar surface area (TPSA) is 61.2 Å². The van der Waals surface area contributed by atoms with Crippen molar-refractivity contribution in [1.82, 2.24) is 8.96 Å². The van der Waals surface area contributed by atoms with Crippen LogP contribution in [0.4, 0.5) is 0 Å². The fourth-order valence-electron chi connectivity index (χ4n) is 2.11. The molecule has 5 nitrogen and oxygen atoms in total. The Hall–Kier alpha value is -2.34. The maximum atomic E-state index is 12.7. The van der Waals surface area contributed by atoms with Crippen molar-refractivity contribution in [2.45, 2.75) is 11.8 Å². The number of hydrogen-bond donors (Lipinski definition) is 0. The minimum Gasteiger partial charge on any atom is -0.497 e. The van der Waals surface area contributed by atoms with E-state index in [-0.39, 0.29) is 4.90 Å². The molecule has 1 heterocycles. The molecule has 108 valence electrons. The second kappa shape index (κ2) is 4.89. The minimum absolute atomic E-state index is 0.239. The second-order valence-corrected chi connectivity index (χ2v) is 6.53. The van der Waals surface area contributed by atoms with Gasteiger partial charge in [-0.25, -0.2) is 17.4 Å². The van der Waals surface area contributed by atoms with Crippen LogP contribution in [0, 0.1) is 6.92 Å². The summed E-state index contributed by atoms with van der Waals surface area (Å²) in [5.41, 5.74) is 2.11. The molecule has 1 aromatic heterocycles. The molecule has 3 rings (SSSR count). The molecule has 0 aliphatic carbocycles. The lowest BCUT2D eigenvalue weighted by Crippen LogP contribution is -2.11. The molecule has 0 spiro atoms. The Bertz CT molecular complexity index is 896. The van der Waals surface area contributed by atoms with E-state index in [2.05, 4.69) is 4.98 Å². The van der Waals surface area contributed by atoms with E-state index in [1.807, 2.05) is 6.92 Å². The first-order chi connectivity index (χ1) is 10.0. The first-order valence-electron chi connectivity index (χ1n) is 6.36. The summed E-state index contributed by atoms with van der Waals surface area (Å²) in [5, 5.41) is 0. The van der Waals surface area contributed by atoms with Gasteiger partial charge < -0.3 is 4.74 Å². The molecule has 0 atom stereocenters. The highest BCUT2D eigenvalue weighted by Crippen LogP contribution is 2.23. The molecule has 3 aromatic rings. The van der Waals surface area contributed by atoms with Crippen molar-refractivity contribution >= 4 is 21.1 Å². The first kappa shape index (κ1) is 13.6. The van der Waals surface area contributed by atoms with Gasteiger partial charge in [0.1, 0.15) is 12.1 Å². The number of hydrogen-bond acceptors (Lipinski definition) is 4. The molecule has 0 bridgehead atoms. The molecule has 0 radical (unpaired) electrons. The molecule has 6 heteroatoms. The number of fused-ring (bicyclic) bond motifs is 1. The van der Waals surface area contributed by atoms with Gasteiger partial charge >= 0.3 is 0 Å². The zero-order valence-corrected chi connectivity index (χ0v) is 12.5. The highest BCUT2D eigenvalue weighted by molar-refractivity contribution is 7.90. The lowest BCUT2D eigenvalue weighted by Gasteiger charge is -2.07. The summed E-state index contributed by atoms with van der Waals surface area (Å²) in [4.78, 5) is 4.38. The van der Waals surface area contributed by atoms with Crippen LogP contribution in [-0.4, -0.2) is 24.5 Å². The highest BCUT2D eigenvalue weighted by Gasteiger charge is 2.19. The molecule has 0 aliphatic heterocycles. The quantitative estimate of drug-likeness (QED) is 0.746. The summed E-state index contributed by atoms with van der Waals surface area (Å²) in [7, 11) is -2.09.